The number of esters is 1. The van der Waals surface area contributed by atoms with E-state index >= 15 is 0 Å². The van der Waals surface area contributed by atoms with E-state index in [4.69, 9.17) is 4.74 Å². The Bertz CT molecular complexity index is 121. The van der Waals surface area contributed by atoms with Crippen LogP contribution in [0.1, 0.15) is 6.92 Å². The molecule has 1 saturated heterocycles. The van der Waals surface area contributed by atoms with Gasteiger partial charge in [-0.1, -0.05) is 0 Å². The third-order valence-electron chi connectivity index (χ3n) is 1.16. The minimum Gasteiger partial charge on any atom is -0.465 e. The second-order valence-electron chi connectivity index (χ2n) is 2.08. The SMILES string of the molecule is CC(=O)OCC1CSCS1. The van der Waals surface area contributed by atoms with Gasteiger partial charge in [-0.25, -0.2) is 0 Å². The smallest absolute Gasteiger partial charge is 0.302 e. The first-order valence-electron chi connectivity index (χ1n) is 3.12. The van der Waals surface area contributed by atoms with E-state index in [2.05, 4.69) is 0 Å². The molecule has 0 saturated carbocycles. The lowest BCUT2D eigenvalue weighted by Crippen LogP contribution is -2.13. The van der Waals surface area contributed by atoms with Crippen molar-refractivity contribution >= 4 is 29.5 Å². The van der Waals surface area contributed by atoms with Crippen molar-refractivity contribution in [2.24, 2.45) is 0 Å². The summed E-state index contributed by atoms with van der Waals surface area (Å²) in [7, 11) is 0. The molecular weight excluding hydrogens is 168 g/mol. The van der Waals surface area contributed by atoms with Gasteiger partial charge >= 0.3 is 5.97 Å². The first kappa shape index (κ1) is 8.27. The number of rotatable bonds is 2. The lowest BCUT2D eigenvalue weighted by molar-refractivity contribution is -0.140. The van der Waals surface area contributed by atoms with Crippen molar-refractivity contribution in [3.05, 3.63) is 0 Å². The van der Waals surface area contributed by atoms with Crippen LogP contribution in [0.2, 0.25) is 0 Å². The second-order valence-corrected chi connectivity index (χ2v) is 4.76. The van der Waals surface area contributed by atoms with Gasteiger partial charge in [-0.3, -0.25) is 4.79 Å². The Labute approximate surface area is 69.1 Å². The molecule has 0 aliphatic carbocycles. The molecule has 0 bridgehead atoms. The van der Waals surface area contributed by atoms with Gasteiger partial charge in [0, 0.05) is 23.0 Å². The number of ether oxygens (including phenoxy) is 1. The molecule has 4 heteroatoms. The molecule has 2 nitrogen and oxygen atoms in total. The Morgan fingerprint density at radius 2 is 2.60 bits per heavy atom. The van der Waals surface area contributed by atoms with Gasteiger partial charge in [0.25, 0.3) is 0 Å². The molecule has 0 aromatic rings. The van der Waals surface area contributed by atoms with Gasteiger partial charge in [0.2, 0.25) is 0 Å². The summed E-state index contributed by atoms with van der Waals surface area (Å²) in [5, 5.41) is 1.68. The van der Waals surface area contributed by atoms with Crippen LogP contribution < -0.4 is 0 Å². The molecule has 1 aliphatic rings. The second kappa shape index (κ2) is 4.13. The molecule has 0 aromatic carbocycles. The summed E-state index contributed by atoms with van der Waals surface area (Å²) in [6.07, 6.45) is 0. The molecule has 1 unspecified atom stereocenters. The molecule has 0 spiro atoms. The predicted octanol–water partition coefficient (Wildman–Crippen LogP) is 1.36. The predicted molar refractivity (Wildman–Crippen MR) is 45.3 cm³/mol. The first-order chi connectivity index (χ1) is 4.79. The molecule has 0 radical (unpaired) electrons. The molecule has 1 atom stereocenters. The van der Waals surface area contributed by atoms with Crippen LogP contribution in [0.5, 0.6) is 0 Å². The molecule has 0 amide bonds. The van der Waals surface area contributed by atoms with E-state index in [-0.39, 0.29) is 5.97 Å². The first-order valence-corrected chi connectivity index (χ1v) is 5.32. The van der Waals surface area contributed by atoms with Crippen LogP contribution in [0.15, 0.2) is 0 Å². The molecule has 1 heterocycles. The fourth-order valence-corrected chi connectivity index (χ4v) is 3.42. The summed E-state index contributed by atoms with van der Waals surface area (Å²) in [6.45, 7) is 2.04. The van der Waals surface area contributed by atoms with Crippen LogP contribution in [0.25, 0.3) is 0 Å². The molecule has 1 fully saturated rings. The van der Waals surface area contributed by atoms with Gasteiger partial charge in [-0.15, -0.1) is 23.5 Å². The maximum absolute atomic E-state index is 10.4. The zero-order chi connectivity index (χ0) is 7.40. The van der Waals surface area contributed by atoms with Crippen LogP contribution in [0.3, 0.4) is 0 Å². The maximum atomic E-state index is 10.4. The quantitative estimate of drug-likeness (QED) is 0.596. The van der Waals surface area contributed by atoms with Crippen molar-refractivity contribution in [1.82, 2.24) is 0 Å². The van der Waals surface area contributed by atoms with Crippen molar-refractivity contribution in [3.63, 3.8) is 0 Å². The average Bonchev–Trinajstić information content (AvgIpc) is 2.34. The fraction of sp³-hybridized carbons (Fsp3) is 0.833. The van der Waals surface area contributed by atoms with Crippen molar-refractivity contribution in [2.45, 2.75) is 12.2 Å². The average molecular weight is 178 g/mol. The molecule has 0 aromatic heterocycles. The van der Waals surface area contributed by atoms with Gasteiger partial charge in [0.15, 0.2) is 0 Å². The number of hydrogen-bond donors (Lipinski definition) is 0. The van der Waals surface area contributed by atoms with E-state index in [0.29, 0.717) is 11.9 Å². The summed E-state index contributed by atoms with van der Waals surface area (Å²) in [5.74, 6) is 0.954. The maximum Gasteiger partial charge on any atom is 0.302 e. The highest BCUT2D eigenvalue weighted by molar-refractivity contribution is 8.19. The minimum atomic E-state index is -0.169. The van der Waals surface area contributed by atoms with E-state index < -0.39 is 0 Å². The number of carbonyl (C=O) groups excluding carboxylic acids is 1. The monoisotopic (exact) mass is 178 g/mol. The van der Waals surface area contributed by atoms with Crippen LogP contribution in [-0.4, -0.2) is 28.7 Å². The lowest BCUT2D eigenvalue weighted by atomic mass is 10.5. The third-order valence-corrected chi connectivity index (χ3v) is 4.00. The van der Waals surface area contributed by atoms with Crippen molar-refractivity contribution in [1.29, 1.82) is 0 Å². The number of hydrogen-bond acceptors (Lipinski definition) is 4. The Hall–Kier alpha value is 0.170. The molecular formula is C6H10O2S2. The van der Waals surface area contributed by atoms with Crippen LogP contribution >= 0.6 is 23.5 Å². The van der Waals surface area contributed by atoms with E-state index in [1.807, 2.05) is 23.5 Å². The van der Waals surface area contributed by atoms with E-state index in [9.17, 15) is 4.79 Å². The summed E-state index contributed by atoms with van der Waals surface area (Å²) >= 11 is 3.78. The molecule has 1 aliphatic heterocycles. The molecule has 58 valence electrons. The van der Waals surface area contributed by atoms with Gasteiger partial charge in [0.1, 0.15) is 6.61 Å². The van der Waals surface area contributed by atoms with Crippen LogP contribution in [-0.2, 0) is 9.53 Å². The van der Waals surface area contributed by atoms with E-state index in [0.717, 1.165) is 10.8 Å². The Morgan fingerprint density at radius 3 is 3.10 bits per heavy atom. The van der Waals surface area contributed by atoms with Crippen molar-refractivity contribution < 1.29 is 9.53 Å². The molecule has 1 rings (SSSR count). The van der Waals surface area contributed by atoms with Crippen LogP contribution in [0, 0.1) is 0 Å². The highest BCUT2D eigenvalue weighted by Gasteiger charge is 2.16. The molecule has 0 N–H and O–H groups in total. The highest BCUT2D eigenvalue weighted by Crippen LogP contribution is 2.29. The number of carbonyl (C=O) groups is 1. The normalized spacial score (nSPS) is 24.7. The zero-order valence-electron chi connectivity index (χ0n) is 5.83. The van der Waals surface area contributed by atoms with Gasteiger partial charge in [-0.05, 0) is 0 Å². The van der Waals surface area contributed by atoms with Gasteiger partial charge < -0.3 is 4.74 Å². The summed E-state index contributed by atoms with van der Waals surface area (Å²) in [4.78, 5) is 10.4. The summed E-state index contributed by atoms with van der Waals surface area (Å²) < 4.78 is 4.85. The van der Waals surface area contributed by atoms with E-state index in [1.54, 1.807) is 0 Å². The largest absolute Gasteiger partial charge is 0.465 e. The van der Waals surface area contributed by atoms with Crippen molar-refractivity contribution in [2.75, 3.05) is 17.4 Å². The lowest BCUT2D eigenvalue weighted by Gasteiger charge is -2.05. The zero-order valence-corrected chi connectivity index (χ0v) is 7.46. The van der Waals surface area contributed by atoms with Gasteiger partial charge in [-0.2, -0.15) is 0 Å². The highest BCUT2D eigenvalue weighted by atomic mass is 32.2. The standard InChI is InChI=1S/C6H10O2S2/c1-5(7)8-2-6-3-9-4-10-6/h6H,2-4H2,1H3. The third kappa shape index (κ3) is 2.84. The van der Waals surface area contributed by atoms with E-state index in [1.165, 1.54) is 6.92 Å². The van der Waals surface area contributed by atoms with Crippen molar-refractivity contribution in [3.8, 4) is 0 Å². The Morgan fingerprint density at radius 1 is 1.80 bits per heavy atom. The number of thioether (sulfide) groups is 2. The Kier molecular flexibility index (Phi) is 3.42. The molecule has 10 heavy (non-hydrogen) atoms. The fourth-order valence-electron chi connectivity index (χ4n) is 0.679. The Balaban J connectivity index is 2.07. The summed E-state index contributed by atoms with van der Waals surface area (Å²) in [5.41, 5.74) is 0. The topological polar surface area (TPSA) is 26.3 Å². The summed E-state index contributed by atoms with van der Waals surface area (Å²) in [6, 6.07) is 0. The van der Waals surface area contributed by atoms with Crippen LogP contribution in [0.4, 0.5) is 0 Å². The minimum absolute atomic E-state index is 0.169. The van der Waals surface area contributed by atoms with Gasteiger partial charge in [0.05, 0.1) is 0 Å².